The zero-order valence-corrected chi connectivity index (χ0v) is 11.9. The summed E-state index contributed by atoms with van der Waals surface area (Å²) in [5.74, 6) is 0.582. The van der Waals surface area contributed by atoms with E-state index in [0.717, 1.165) is 26.1 Å². The second-order valence-electron chi connectivity index (χ2n) is 5.04. The SMILES string of the molecule is Cc1nn(C)c(N2CCCN(CCO)CC2)c1[N+](=O)[O-]. The summed E-state index contributed by atoms with van der Waals surface area (Å²) in [5, 5.41) is 24.4. The maximum absolute atomic E-state index is 11.2. The second-order valence-corrected chi connectivity index (χ2v) is 5.04. The Morgan fingerprint density at radius 2 is 2.10 bits per heavy atom. The molecule has 0 amide bonds. The molecule has 112 valence electrons. The zero-order chi connectivity index (χ0) is 14.7. The van der Waals surface area contributed by atoms with Gasteiger partial charge in [-0.05, 0) is 19.9 Å². The Balaban J connectivity index is 2.21. The van der Waals surface area contributed by atoms with Crippen molar-refractivity contribution in [1.29, 1.82) is 0 Å². The highest BCUT2D eigenvalue weighted by Gasteiger charge is 2.29. The van der Waals surface area contributed by atoms with Gasteiger partial charge in [-0.25, -0.2) is 4.68 Å². The van der Waals surface area contributed by atoms with E-state index in [-0.39, 0.29) is 17.2 Å². The number of aliphatic hydroxyl groups excluding tert-OH is 1. The number of anilines is 1. The molecule has 0 atom stereocenters. The lowest BCUT2D eigenvalue weighted by molar-refractivity contribution is -0.384. The van der Waals surface area contributed by atoms with Crippen LogP contribution in [0.15, 0.2) is 0 Å². The quantitative estimate of drug-likeness (QED) is 0.625. The van der Waals surface area contributed by atoms with Gasteiger partial charge in [0.2, 0.25) is 5.82 Å². The van der Waals surface area contributed by atoms with Crippen LogP contribution in [0.25, 0.3) is 0 Å². The van der Waals surface area contributed by atoms with E-state index in [0.29, 0.717) is 24.6 Å². The van der Waals surface area contributed by atoms with Gasteiger partial charge >= 0.3 is 5.69 Å². The number of nitrogens with zero attached hydrogens (tertiary/aromatic N) is 5. The number of aryl methyl sites for hydroxylation is 2. The van der Waals surface area contributed by atoms with Gasteiger partial charge in [-0.15, -0.1) is 0 Å². The number of aromatic nitrogens is 2. The fourth-order valence-electron chi connectivity index (χ4n) is 2.75. The number of hydrogen-bond donors (Lipinski definition) is 1. The lowest BCUT2D eigenvalue weighted by atomic mass is 10.3. The van der Waals surface area contributed by atoms with Gasteiger partial charge in [-0.2, -0.15) is 5.10 Å². The van der Waals surface area contributed by atoms with Gasteiger partial charge in [0, 0.05) is 33.2 Å². The van der Waals surface area contributed by atoms with E-state index >= 15 is 0 Å². The van der Waals surface area contributed by atoms with Crippen molar-refractivity contribution in [3.8, 4) is 0 Å². The second kappa shape index (κ2) is 6.19. The minimum Gasteiger partial charge on any atom is -0.395 e. The molecular formula is C12H21N5O3. The molecule has 0 unspecified atom stereocenters. The number of nitro groups is 1. The molecule has 2 rings (SSSR count). The number of rotatable bonds is 4. The normalized spacial score (nSPS) is 17.2. The Morgan fingerprint density at radius 1 is 1.35 bits per heavy atom. The highest BCUT2D eigenvalue weighted by molar-refractivity contribution is 5.61. The summed E-state index contributed by atoms with van der Waals surface area (Å²) in [6, 6.07) is 0. The first-order chi connectivity index (χ1) is 9.54. The largest absolute Gasteiger partial charge is 0.395 e. The average molecular weight is 283 g/mol. The summed E-state index contributed by atoms with van der Waals surface area (Å²) in [5.41, 5.74) is 0.548. The van der Waals surface area contributed by atoms with Crippen LogP contribution in [0.3, 0.4) is 0 Å². The predicted octanol–water partition coefficient (Wildman–Crippen LogP) is 0.141. The number of hydrogen-bond acceptors (Lipinski definition) is 6. The van der Waals surface area contributed by atoms with E-state index in [2.05, 4.69) is 10.00 Å². The smallest absolute Gasteiger partial charge is 0.333 e. The maximum Gasteiger partial charge on any atom is 0.333 e. The third-order valence-electron chi connectivity index (χ3n) is 3.65. The molecule has 8 heteroatoms. The summed E-state index contributed by atoms with van der Waals surface area (Å²) in [6.45, 7) is 5.63. The molecule has 1 aliphatic rings. The van der Waals surface area contributed by atoms with Crippen LogP contribution in [-0.2, 0) is 7.05 Å². The molecule has 1 aromatic heterocycles. The van der Waals surface area contributed by atoms with Gasteiger partial charge in [0.15, 0.2) is 0 Å². The van der Waals surface area contributed by atoms with Crippen molar-refractivity contribution in [1.82, 2.24) is 14.7 Å². The van der Waals surface area contributed by atoms with E-state index in [1.165, 1.54) is 0 Å². The third-order valence-corrected chi connectivity index (χ3v) is 3.65. The first-order valence-corrected chi connectivity index (χ1v) is 6.80. The van der Waals surface area contributed by atoms with Crippen LogP contribution in [0, 0.1) is 17.0 Å². The first kappa shape index (κ1) is 14.7. The zero-order valence-electron chi connectivity index (χ0n) is 11.9. The van der Waals surface area contributed by atoms with Crippen molar-refractivity contribution in [3.05, 3.63) is 15.8 Å². The van der Waals surface area contributed by atoms with Crippen molar-refractivity contribution in [2.45, 2.75) is 13.3 Å². The van der Waals surface area contributed by atoms with Crippen molar-refractivity contribution in [2.75, 3.05) is 44.2 Å². The van der Waals surface area contributed by atoms with Crippen molar-refractivity contribution < 1.29 is 10.0 Å². The summed E-state index contributed by atoms with van der Waals surface area (Å²) in [7, 11) is 1.74. The molecule has 1 N–H and O–H groups in total. The van der Waals surface area contributed by atoms with E-state index in [1.54, 1.807) is 18.7 Å². The number of β-amino-alcohol motifs (C(OH)–C–C–N with tert-alkyl or cyclic N) is 1. The van der Waals surface area contributed by atoms with Gasteiger partial charge < -0.3 is 10.0 Å². The molecular weight excluding hydrogens is 262 g/mol. The van der Waals surface area contributed by atoms with E-state index in [9.17, 15) is 10.1 Å². The Bertz CT molecular complexity index is 488. The van der Waals surface area contributed by atoms with E-state index in [4.69, 9.17) is 5.11 Å². The molecule has 8 nitrogen and oxygen atoms in total. The topological polar surface area (TPSA) is 87.7 Å². The summed E-state index contributed by atoms with van der Waals surface area (Å²) >= 11 is 0. The molecule has 1 aromatic rings. The van der Waals surface area contributed by atoms with Crippen molar-refractivity contribution in [3.63, 3.8) is 0 Å². The predicted molar refractivity (Wildman–Crippen MR) is 75.0 cm³/mol. The lowest BCUT2D eigenvalue weighted by Gasteiger charge is -2.22. The minimum absolute atomic E-state index is 0.100. The fraction of sp³-hybridized carbons (Fsp3) is 0.750. The van der Waals surface area contributed by atoms with Crippen LogP contribution in [0.2, 0.25) is 0 Å². The third kappa shape index (κ3) is 2.91. The van der Waals surface area contributed by atoms with Crippen molar-refractivity contribution in [2.24, 2.45) is 7.05 Å². The van der Waals surface area contributed by atoms with Crippen molar-refractivity contribution >= 4 is 11.5 Å². The molecule has 1 aliphatic heterocycles. The lowest BCUT2D eigenvalue weighted by Crippen LogP contribution is -2.33. The molecule has 0 spiro atoms. The molecule has 1 saturated heterocycles. The van der Waals surface area contributed by atoms with Crippen LogP contribution < -0.4 is 4.90 Å². The van der Waals surface area contributed by atoms with Crippen LogP contribution in [0.1, 0.15) is 12.1 Å². The Hall–Kier alpha value is -1.67. The van der Waals surface area contributed by atoms with Crippen LogP contribution in [0.5, 0.6) is 0 Å². The Kier molecular flexibility index (Phi) is 4.56. The fourth-order valence-corrected chi connectivity index (χ4v) is 2.75. The average Bonchev–Trinajstić information content (AvgIpc) is 2.56. The van der Waals surface area contributed by atoms with E-state index < -0.39 is 0 Å². The Morgan fingerprint density at radius 3 is 2.75 bits per heavy atom. The van der Waals surface area contributed by atoms with Gasteiger partial charge in [-0.3, -0.25) is 15.0 Å². The van der Waals surface area contributed by atoms with Gasteiger partial charge in [0.05, 0.1) is 11.5 Å². The first-order valence-electron chi connectivity index (χ1n) is 6.80. The molecule has 0 bridgehead atoms. The van der Waals surface area contributed by atoms with Gasteiger partial charge in [0.1, 0.15) is 5.69 Å². The molecule has 20 heavy (non-hydrogen) atoms. The summed E-state index contributed by atoms with van der Waals surface area (Å²) in [6.07, 6.45) is 0.918. The van der Waals surface area contributed by atoms with Crippen LogP contribution in [-0.4, -0.2) is 64.0 Å². The molecule has 0 radical (unpaired) electrons. The molecule has 2 heterocycles. The maximum atomic E-state index is 11.2. The monoisotopic (exact) mass is 283 g/mol. The molecule has 0 aromatic carbocycles. The highest BCUT2D eigenvalue weighted by Crippen LogP contribution is 2.31. The minimum atomic E-state index is -0.353. The Labute approximate surface area is 117 Å². The number of aliphatic hydroxyl groups is 1. The van der Waals surface area contributed by atoms with Crippen LogP contribution in [0.4, 0.5) is 11.5 Å². The molecule has 1 fully saturated rings. The molecule has 0 aliphatic carbocycles. The standard InChI is InChI=1S/C12H21N5O3/c1-10-11(17(19)20)12(14(2)13-10)16-5-3-4-15(6-7-16)8-9-18/h18H,3-9H2,1-2H3. The van der Waals surface area contributed by atoms with Gasteiger partial charge in [-0.1, -0.05) is 0 Å². The summed E-state index contributed by atoms with van der Waals surface area (Å²) < 4.78 is 1.59. The summed E-state index contributed by atoms with van der Waals surface area (Å²) in [4.78, 5) is 15.1. The van der Waals surface area contributed by atoms with Crippen LogP contribution >= 0.6 is 0 Å². The van der Waals surface area contributed by atoms with Gasteiger partial charge in [0.25, 0.3) is 0 Å². The highest BCUT2D eigenvalue weighted by atomic mass is 16.6. The van der Waals surface area contributed by atoms with E-state index in [1.807, 2.05) is 4.90 Å². The molecule has 0 saturated carbocycles.